The fourth-order valence-corrected chi connectivity index (χ4v) is 3.92. The van der Waals surface area contributed by atoms with E-state index in [0.717, 1.165) is 33.6 Å². The van der Waals surface area contributed by atoms with Crippen LogP contribution < -0.4 is 0 Å². The summed E-state index contributed by atoms with van der Waals surface area (Å²) in [5.41, 5.74) is 4.60. The van der Waals surface area contributed by atoms with Gasteiger partial charge in [-0.05, 0) is 24.3 Å². The lowest BCUT2D eigenvalue weighted by atomic mass is 9.90. The van der Waals surface area contributed by atoms with Crippen LogP contribution in [0.1, 0.15) is 30.4 Å². The number of hydrogen-bond donors (Lipinski definition) is 0. The summed E-state index contributed by atoms with van der Waals surface area (Å²) >= 11 is 0. The van der Waals surface area contributed by atoms with E-state index in [1.807, 2.05) is 48.7 Å². The predicted molar refractivity (Wildman–Crippen MR) is 94.9 cm³/mol. The quantitative estimate of drug-likeness (QED) is 0.533. The van der Waals surface area contributed by atoms with Gasteiger partial charge in [0, 0.05) is 5.92 Å². The van der Waals surface area contributed by atoms with Gasteiger partial charge >= 0.3 is 0 Å². The molecule has 120 valence electrons. The second-order valence-electron chi connectivity index (χ2n) is 6.52. The Balaban J connectivity index is 1.77. The third-order valence-corrected chi connectivity index (χ3v) is 5.11. The van der Waals surface area contributed by atoms with Crippen LogP contribution >= 0.6 is 0 Å². The van der Waals surface area contributed by atoms with Gasteiger partial charge in [0.05, 0.1) is 46.1 Å². The van der Waals surface area contributed by atoms with Crippen molar-refractivity contribution in [1.29, 1.82) is 5.26 Å². The lowest BCUT2D eigenvalue weighted by Crippen LogP contribution is -2.15. The summed E-state index contributed by atoms with van der Waals surface area (Å²) in [6.07, 6.45) is 1.84. The average Bonchev–Trinajstić information content (AvgIpc) is 3.14. The van der Waals surface area contributed by atoms with Crippen LogP contribution in [0.3, 0.4) is 0 Å². The minimum absolute atomic E-state index is 0.0378. The van der Waals surface area contributed by atoms with Gasteiger partial charge in [-0.1, -0.05) is 31.2 Å². The van der Waals surface area contributed by atoms with Crippen LogP contribution in [0.4, 0.5) is 0 Å². The molecule has 1 aliphatic rings. The highest BCUT2D eigenvalue weighted by Gasteiger charge is 2.42. The molecule has 0 saturated carbocycles. The minimum Gasteiger partial charge on any atom is -0.317 e. The maximum Gasteiger partial charge on any atom is 0.128 e. The number of hydrogen-bond acceptors (Lipinski definition) is 4. The molecule has 0 bridgehead atoms. The Bertz CT molecular complexity index is 1150. The zero-order valence-electron chi connectivity index (χ0n) is 13.7. The van der Waals surface area contributed by atoms with Gasteiger partial charge < -0.3 is 4.57 Å². The molecule has 25 heavy (non-hydrogen) atoms. The van der Waals surface area contributed by atoms with Gasteiger partial charge in [0.25, 0.3) is 0 Å². The van der Waals surface area contributed by atoms with Crippen LogP contribution in [0.25, 0.3) is 22.1 Å². The van der Waals surface area contributed by atoms with E-state index in [1.165, 1.54) is 0 Å². The summed E-state index contributed by atoms with van der Waals surface area (Å²) < 4.78 is 2.17. The normalized spacial score (nSPS) is 22.2. The predicted octanol–water partition coefficient (Wildman–Crippen LogP) is 3.83. The molecule has 5 heteroatoms. The molecule has 0 fully saturated rings. The van der Waals surface area contributed by atoms with E-state index >= 15 is 0 Å². The SMILES string of the molecule is C[C@@H]1[C@@H](c2cnc3ccccc3n2)n2c(nc3ccccc32)[C@@H]1C#N. The highest BCUT2D eigenvalue weighted by Crippen LogP contribution is 2.45. The Morgan fingerprint density at radius 3 is 2.48 bits per heavy atom. The number of nitriles is 1. The highest BCUT2D eigenvalue weighted by atomic mass is 15.2. The van der Waals surface area contributed by atoms with Crippen LogP contribution in [-0.4, -0.2) is 19.5 Å². The van der Waals surface area contributed by atoms with Crippen LogP contribution in [0.2, 0.25) is 0 Å². The molecule has 1 aliphatic heterocycles. The molecule has 0 spiro atoms. The molecule has 3 heterocycles. The number of fused-ring (bicyclic) bond motifs is 4. The van der Waals surface area contributed by atoms with Gasteiger partial charge in [0.1, 0.15) is 11.7 Å². The first kappa shape index (κ1) is 14.1. The summed E-state index contributed by atoms with van der Waals surface area (Å²) in [7, 11) is 0. The van der Waals surface area contributed by atoms with Crippen LogP contribution in [-0.2, 0) is 0 Å². The summed E-state index contributed by atoms with van der Waals surface area (Å²) in [6, 6.07) is 18.3. The molecule has 0 N–H and O–H groups in total. The van der Waals surface area contributed by atoms with Gasteiger partial charge in [0.2, 0.25) is 0 Å². The van der Waals surface area contributed by atoms with E-state index in [1.54, 1.807) is 0 Å². The summed E-state index contributed by atoms with van der Waals surface area (Å²) in [4.78, 5) is 14.1. The van der Waals surface area contributed by atoms with Crippen molar-refractivity contribution in [3.05, 3.63) is 66.2 Å². The number of nitrogens with zero attached hydrogens (tertiary/aromatic N) is 5. The van der Waals surface area contributed by atoms with Gasteiger partial charge in [-0.2, -0.15) is 5.26 Å². The molecule has 0 unspecified atom stereocenters. The first-order valence-corrected chi connectivity index (χ1v) is 8.36. The van der Waals surface area contributed by atoms with Gasteiger partial charge in [-0.15, -0.1) is 0 Å². The number of imidazole rings is 1. The Morgan fingerprint density at radius 2 is 1.68 bits per heavy atom. The second-order valence-corrected chi connectivity index (χ2v) is 6.52. The van der Waals surface area contributed by atoms with Gasteiger partial charge in [0.15, 0.2) is 0 Å². The standard InChI is InChI=1S/C20H15N5/c1-12-13(10-21)20-24-16-8-4-5-9-18(16)25(20)19(12)17-11-22-14-6-2-3-7-15(14)23-17/h2-9,11-13,19H,1H3/t12-,13+,19-/m0/s1. The zero-order valence-corrected chi connectivity index (χ0v) is 13.7. The number of benzene rings is 2. The molecule has 0 radical (unpaired) electrons. The Kier molecular flexibility index (Phi) is 2.89. The average molecular weight is 325 g/mol. The lowest BCUT2D eigenvalue weighted by molar-refractivity contribution is 0.452. The van der Waals surface area contributed by atoms with E-state index in [9.17, 15) is 5.26 Å². The van der Waals surface area contributed by atoms with Gasteiger partial charge in [-0.3, -0.25) is 4.98 Å². The highest BCUT2D eigenvalue weighted by molar-refractivity contribution is 5.77. The van der Waals surface area contributed by atoms with Crippen molar-refractivity contribution in [1.82, 2.24) is 19.5 Å². The third kappa shape index (κ3) is 1.91. The van der Waals surface area contributed by atoms with Crippen molar-refractivity contribution in [3.8, 4) is 6.07 Å². The molecule has 0 saturated heterocycles. The maximum absolute atomic E-state index is 9.71. The van der Waals surface area contributed by atoms with Crippen LogP contribution in [0, 0.1) is 17.2 Å². The maximum atomic E-state index is 9.71. The van der Waals surface area contributed by atoms with E-state index in [4.69, 9.17) is 9.97 Å². The minimum atomic E-state index is -0.245. The van der Waals surface area contributed by atoms with Crippen molar-refractivity contribution >= 4 is 22.1 Å². The van der Waals surface area contributed by atoms with Crippen LogP contribution in [0.5, 0.6) is 0 Å². The topological polar surface area (TPSA) is 67.4 Å². The fourth-order valence-electron chi connectivity index (χ4n) is 3.92. The Labute approximate surface area is 144 Å². The monoisotopic (exact) mass is 325 g/mol. The first-order chi connectivity index (χ1) is 12.3. The molecule has 5 nitrogen and oxygen atoms in total. The summed E-state index contributed by atoms with van der Waals surface area (Å²) in [6.45, 7) is 2.10. The van der Waals surface area contributed by atoms with Crippen molar-refractivity contribution in [2.45, 2.75) is 18.9 Å². The molecule has 3 atom stereocenters. The molecule has 5 rings (SSSR count). The van der Waals surface area contributed by atoms with E-state index < -0.39 is 0 Å². The molecule has 0 amide bonds. The molecular formula is C20H15N5. The second kappa shape index (κ2) is 5.12. The van der Waals surface area contributed by atoms with Crippen molar-refractivity contribution in [2.24, 2.45) is 5.92 Å². The number of aromatic nitrogens is 4. The molecule has 0 aliphatic carbocycles. The van der Waals surface area contributed by atoms with E-state index in [0.29, 0.717) is 0 Å². The first-order valence-electron chi connectivity index (χ1n) is 8.36. The van der Waals surface area contributed by atoms with E-state index in [2.05, 4.69) is 28.6 Å². The summed E-state index contributed by atoms with van der Waals surface area (Å²) in [5, 5.41) is 9.71. The zero-order chi connectivity index (χ0) is 17.0. The smallest absolute Gasteiger partial charge is 0.128 e. The number of para-hydroxylation sites is 4. The van der Waals surface area contributed by atoms with Crippen molar-refractivity contribution < 1.29 is 0 Å². The third-order valence-electron chi connectivity index (χ3n) is 5.11. The molecule has 2 aromatic carbocycles. The largest absolute Gasteiger partial charge is 0.317 e. The Morgan fingerprint density at radius 1 is 0.960 bits per heavy atom. The summed E-state index contributed by atoms with van der Waals surface area (Å²) in [5.74, 6) is 0.675. The molecule has 2 aromatic heterocycles. The van der Waals surface area contributed by atoms with Crippen molar-refractivity contribution in [2.75, 3.05) is 0 Å². The van der Waals surface area contributed by atoms with Crippen LogP contribution in [0.15, 0.2) is 54.7 Å². The lowest BCUT2D eigenvalue weighted by Gasteiger charge is -2.19. The fraction of sp³-hybridized carbons (Fsp3) is 0.200. The number of rotatable bonds is 1. The van der Waals surface area contributed by atoms with Crippen molar-refractivity contribution in [3.63, 3.8) is 0 Å². The Hall–Kier alpha value is -3.26. The molecular weight excluding hydrogens is 310 g/mol. The van der Waals surface area contributed by atoms with Gasteiger partial charge in [-0.25, -0.2) is 9.97 Å². The van der Waals surface area contributed by atoms with E-state index in [-0.39, 0.29) is 17.9 Å². The molecule has 4 aromatic rings.